The van der Waals surface area contributed by atoms with Crippen molar-refractivity contribution in [2.24, 2.45) is 0 Å². The fraction of sp³-hybridized carbons (Fsp3) is 0.643. The van der Waals surface area contributed by atoms with Crippen LogP contribution in [0.2, 0.25) is 0 Å². The van der Waals surface area contributed by atoms with Crippen molar-refractivity contribution in [2.45, 2.75) is 51.0 Å². The van der Waals surface area contributed by atoms with E-state index in [9.17, 15) is 14.9 Å². The first kappa shape index (κ1) is 18.5. The third-order valence-corrected chi connectivity index (χ3v) is 4.85. The van der Waals surface area contributed by atoms with Gasteiger partial charge in [0.1, 0.15) is 6.20 Å². The Balaban J connectivity index is 1.58. The number of rotatable bonds is 7. The van der Waals surface area contributed by atoms with Crippen LogP contribution in [0.4, 0.5) is 10.1 Å². The fourth-order valence-electron chi connectivity index (χ4n) is 2.52. The highest BCUT2D eigenvalue weighted by molar-refractivity contribution is 7.80. The van der Waals surface area contributed by atoms with Crippen LogP contribution >= 0.6 is 23.6 Å². The van der Waals surface area contributed by atoms with Crippen LogP contribution in [0.1, 0.15) is 44.9 Å². The van der Waals surface area contributed by atoms with Crippen molar-refractivity contribution in [1.29, 1.82) is 0 Å². The predicted octanol–water partition coefficient (Wildman–Crippen LogP) is 2.57. The third kappa shape index (κ3) is 6.36. The number of nitrogens with one attached hydrogen (secondary N) is 3. The zero-order valence-electron chi connectivity index (χ0n) is 13.2. The van der Waals surface area contributed by atoms with E-state index in [1.165, 1.54) is 19.3 Å². The lowest BCUT2D eigenvalue weighted by molar-refractivity contribution is -0.380. The van der Waals surface area contributed by atoms with E-state index in [2.05, 4.69) is 20.9 Å². The maximum atomic E-state index is 11.8. The van der Waals surface area contributed by atoms with Crippen molar-refractivity contribution in [1.82, 2.24) is 15.6 Å². The van der Waals surface area contributed by atoms with Crippen molar-refractivity contribution in [3.63, 3.8) is 0 Å². The molecule has 0 saturated heterocycles. The van der Waals surface area contributed by atoms with Crippen LogP contribution in [-0.4, -0.2) is 33.5 Å². The maximum Gasteiger partial charge on any atom is 0.345 e. The summed E-state index contributed by atoms with van der Waals surface area (Å²) in [5.41, 5.74) is 0. The summed E-state index contributed by atoms with van der Waals surface area (Å²) in [4.78, 5) is 25.6. The highest BCUT2D eigenvalue weighted by Crippen LogP contribution is 2.24. The minimum Gasteiger partial charge on any atom is -0.363 e. The number of nitrogens with zero attached hydrogens (tertiary/aromatic N) is 2. The molecule has 0 spiro atoms. The van der Waals surface area contributed by atoms with E-state index in [1.54, 1.807) is 0 Å². The lowest BCUT2D eigenvalue weighted by Crippen LogP contribution is -2.43. The third-order valence-electron chi connectivity index (χ3n) is 3.73. The van der Waals surface area contributed by atoms with Gasteiger partial charge in [0.15, 0.2) is 10.2 Å². The molecule has 0 bridgehead atoms. The summed E-state index contributed by atoms with van der Waals surface area (Å²) in [6.45, 7) is 0.601. The van der Waals surface area contributed by atoms with Crippen molar-refractivity contribution in [2.75, 3.05) is 11.9 Å². The number of carbonyl (C=O) groups excluding carboxylic acids is 1. The lowest BCUT2D eigenvalue weighted by atomic mass is 9.96. The standard InChI is InChI=1S/C14H21N5O3S2/c20-11(18-14-16-9-12(24-14)19(21)22)7-4-8-15-13(23)17-10-5-2-1-3-6-10/h9-10H,1-8H2,(H2,15,17,23)(H,16,18,20). The lowest BCUT2D eigenvalue weighted by Gasteiger charge is -2.24. The normalized spacial score (nSPS) is 14.8. The summed E-state index contributed by atoms with van der Waals surface area (Å²) in [6, 6.07) is 0.461. The molecule has 0 aromatic carbocycles. The number of amides is 1. The molecule has 1 heterocycles. The van der Waals surface area contributed by atoms with Gasteiger partial charge in [0.25, 0.3) is 0 Å². The van der Waals surface area contributed by atoms with Gasteiger partial charge in [-0.1, -0.05) is 19.3 Å². The van der Waals surface area contributed by atoms with Crippen molar-refractivity contribution < 1.29 is 9.72 Å². The van der Waals surface area contributed by atoms with Crippen LogP contribution < -0.4 is 16.0 Å². The topological polar surface area (TPSA) is 109 Å². The van der Waals surface area contributed by atoms with Gasteiger partial charge >= 0.3 is 5.00 Å². The van der Waals surface area contributed by atoms with Gasteiger partial charge in [-0.25, -0.2) is 4.98 Å². The van der Waals surface area contributed by atoms with Gasteiger partial charge < -0.3 is 16.0 Å². The number of nitro groups is 1. The summed E-state index contributed by atoms with van der Waals surface area (Å²) in [5, 5.41) is 20.3. The van der Waals surface area contributed by atoms with E-state index in [0.29, 0.717) is 30.5 Å². The molecule has 1 aromatic rings. The van der Waals surface area contributed by atoms with E-state index in [1.807, 2.05) is 0 Å². The van der Waals surface area contributed by atoms with Crippen molar-refractivity contribution in [3.8, 4) is 0 Å². The van der Waals surface area contributed by atoms with Crippen LogP contribution in [0, 0.1) is 10.1 Å². The monoisotopic (exact) mass is 371 g/mol. The molecule has 0 radical (unpaired) electrons. The summed E-state index contributed by atoms with van der Waals surface area (Å²) in [6.07, 6.45) is 8.16. The number of thiazole rings is 1. The zero-order chi connectivity index (χ0) is 17.4. The van der Waals surface area contributed by atoms with Gasteiger partial charge in [0, 0.05) is 19.0 Å². The Morgan fingerprint density at radius 3 is 2.83 bits per heavy atom. The first-order valence-corrected chi connectivity index (χ1v) is 9.21. The smallest absolute Gasteiger partial charge is 0.345 e. The second-order valence-electron chi connectivity index (χ2n) is 5.65. The Labute approximate surface area is 149 Å². The van der Waals surface area contributed by atoms with E-state index in [4.69, 9.17) is 12.2 Å². The van der Waals surface area contributed by atoms with Gasteiger partial charge in [0.05, 0.1) is 4.92 Å². The van der Waals surface area contributed by atoms with Gasteiger partial charge in [0.2, 0.25) is 5.91 Å². The highest BCUT2D eigenvalue weighted by Gasteiger charge is 2.14. The molecule has 1 saturated carbocycles. The Hall–Kier alpha value is -1.81. The number of aromatic nitrogens is 1. The Kier molecular flexibility index (Phi) is 7.32. The largest absolute Gasteiger partial charge is 0.363 e. The molecule has 1 aliphatic carbocycles. The van der Waals surface area contributed by atoms with Gasteiger partial charge in [-0.05, 0) is 42.8 Å². The van der Waals surface area contributed by atoms with Crippen molar-refractivity contribution in [3.05, 3.63) is 16.3 Å². The van der Waals surface area contributed by atoms with E-state index in [0.717, 1.165) is 30.4 Å². The quantitative estimate of drug-likeness (QED) is 0.292. The molecule has 3 N–H and O–H groups in total. The molecule has 0 atom stereocenters. The maximum absolute atomic E-state index is 11.8. The predicted molar refractivity (Wildman–Crippen MR) is 97.2 cm³/mol. The molecule has 132 valence electrons. The summed E-state index contributed by atoms with van der Waals surface area (Å²) < 4.78 is 0. The molecule has 1 aromatic heterocycles. The van der Waals surface area contributed by atoms with E-state index >= 15 is 0 Å². The fourth-order valence-corrected chi connectivity index (χ4v) is 3.44. The van der Waals surface area contributed by atoms with Gasteiger partial charge in [-0.3, -0.25) is 14.9 Å². The molecule has 0 aliphatic heterocycles. The molecule has 10 heteroatoms. The number of carbonyl (C=O) groups is 1. The minimum atomic E-state index is -0.530. The highest BCUT2D eigenvalue weighted by atomic mass is 32.1. The molecular weight excluding hydrogens is 350 g/mol. The van der Waals surface area contributed by atoms with Crippen LogP contribution in [0.5, 0.6) is 0 Å². The second-order valence-corrected chi connectivity index (χ2v) is 7.07. The molecule has 0 unspecified atom stereocenters. The van der Waals surface area contributed by atoms with E-state index < -0.39 is 4.92 Å². The van der Waals surface area contributed by atoms with Crippen LogP contribution in [0.3, 0.4) is 0 Å². The first-order valence-electron chi connectivity index (χ1n) is 7.99. The molecule has 1 aliphatic rings. The number of hydrogen-bond donors (Lipinski definition) is 3. The summed E-state index contributed by atoms with van der Waals surface area (Å²) >= 11 is 6.10. The molecule has 2 rings (SSSR count). The Bertz CT molecular complexity index is 587. The molecule has 1 amide bonds. The number of anilines is 1. The minimum absolute atomic E-state index is 0.0916. The van der Waals surface area contributed by atoms with Gasteiger partial charge in [-0.15, -0.1) is 0 Å². The summed E-state index contributed by atoms with van der Waals surface area (Å²) in [7, 11) is 0. The molecule has 8 nitrogen and oxygen atoms in total. The number of hydrogen-bond acceptors (Lipinski definition) is 6. The van der Waals surface area contributed by atoms with E-state index in [-0.39, 0.29) is 16.0 Å². The van der Waals surface area contributed by atoms with Crippen molar-refractivity contribution >= 4 is 44.7 Å². The molecular formula is C14H21N5O3S2. The molecule has 1 fully saturated rings. The average molecular weight is 371 g/mol. The van der Waals surface area contributed by atoms with Crippen LogP contribution in [-0.2, 0) is 4.79 Å². The second kappa shape index (κ2) is 9.48. The zero-order valence-corrected chi connectivity index (χ0v) is 14.9. The Morgan fingerprint density at radius 1 is 1.42 bits per heavy atom. The van der Waals surface area contributed by atoms with Gasteiger partial charge in [-0.2, -0.15) is 0 Å². The summed E-state index contributed by atoms with van der Waals surface area (Å²) in [5.74, 6) is -0.216. The SMILES string of the molecule is O=C(CCCNC(=S)NC1CCCCC1)Nc1ncc([N+](=O)[O-])s1. The van der Waals surface area contributed by atoms with Crippen LogP contribution in [0.15, 0.2) is 6.20 Å². The average Bonchev–Trinajstić information content (AvgIpc) is 3.01. The Morgan fingerprint density at radius 2 is 2.17 bits per heavy atom. The number of thiocarbonyl (C=S) groups is 1. The molecule has 24 heavy (non-hydrogen) atoms. The van der Waals surface area contributed by atoms with Crippen LogP contribution in [0.25, 0.3) is 0 Å². The first-order chi connectivity index (χ1) is 11.5.